The molecule has 0 aliphatic rings. The van der Waals surface area contributed by atoms with E-state index >= 15 is 0 Å². The highest BCUT2D eigenvalue weighted by Crippen LogP contribution is 2.43. The fourth-order valence-corrected chi connectivity index (χ4v) is 7.55. The van der Waals surface area contributed by atoms with Crippen LogP contribution in [0.2, 0.25) is 0 Å². The number of hydrogen-bond donors (Lipinski definition) is 2. The number of hydrogen-bond acceptors (Lipinski definition) is 8. The van der Waals surface area contributed by atoms with Crippen molar-refractivity contribution >= 4 is 19.8 Å². The Kier molecular flexibility index (Phi) is 45.4. The summed E-state index contributed by atoms with van der Waals surface area (Å²) < 4.78 is 32.9. The van der Waals surface area contributed by atoms with Gasteiger partial charge in [-0.2, -0.15) is 0 Å². The van der Waals surface area contributed by atoms with Gasteiger partial charge in [-0.15, -0.1) is 0 Å². The minimum Gasteiger partial charge on any atom is -0.462 e. The molecule has 0 radical (unpaired) electrons. The maximum absolute atomic E-state index is 12.6. The van der Waals surface area contributed by atoms with Crippen molar-refractivity contribution < 1.29 is 37.6 Å². The Bertz CT molecular complexity index is 1180. The Balaban J connectivity index is 4.11. The third-order valence-electron chi connectivity index (χ3n) is 10.4. The SMILES string of the molecule is CC/C=C/C/C=C/C/C=C/C/C=C/C/C=C/CCCCCC(=O)OC[C@H](COP(=O)(O)OCCN)OC(=O)CCCCCCCCCCCCCCCCCCCCCCC. The maximum atomic E-state index is 12.6. The maximum Gasteiger partial charge on any atom is 0.472 e. The number of phosphoric acid groups is 1. The molecular weight excluding hydrogens is 786 g/mol. The molecule has 0 spiro atoms. The summed E-state index contributed by atoms with van der Waals surface area (Å²) in [5, 5.41) is 0. The second-order valence-corrected chi connectivity index (χ2v) is 17.8. The molecule has 0 saturated heterocycles. The third-order valence-corrected chi connectivity index (χ3v) is 11.4. The van der Waals surface area contributed by atoms with Crippen molar-refractivity contribution in [3.05, 3.63) is 60.8 Å². The summed E-state index contributed by atoms with van der Waals surface area (Å²) in [6.07, 6.45) is 56.9. The Morgan fingerprint density at radius 1 is 0.508 bits per heavy atom. The molecule has 3 N–H and O–H groups in total. The highest BCUT2D eigenvalue weighted by Gasteiger charge is 2.26. The van der Waals surface area contributed by atoms with Crippen molar-refractivity contribution in [1.82, 2.24) is 0 Å². The first-order valence-electron chi connectivity index (χ1n) is 24.8. The van der Waals surface area contributed by atoms with Crippen LogP contribution in [0.3, 0.4) is 0 Å². The Hall–Kier alpha value is -2.29. The summed E-state index contributed by atoms with van der Waals surface area (Å²) in [5.74, 6) is -0.861. The lowest BCUT2D eigenvalue weighted by Crippen LogP contribution is -2.29. The quantitative estimate of drug-likeness (QED) is 0.0265. The molecule has 0 aromatic rings. The second-order valence-electron chi connectivity index (χ2n) is 16.3. The normalized spacial score (nSPS) is 13.7. The molecule has 1 unspecified atom stereocenters. The number of allylic oxidation sites excluding steroid dienone is 10. The predicted octanol–water partition coefficient (Wildman–Crippen LogP) is 14.8. The van der Waals surface area contributed by atoms with E-state index in [1.807, 2.05) is 0 Å². The van der Waals surface area contributed by atoms with Crippen LogP contribution in [0.1, 0.15) is 219 Å². The number of unbranched alkanes of at least 4 members (excludes halogenated alkanes) is 23. The van der Waals surface area contributed by atoms with Gasteiger partial charge in [-0.25, -0.2) is 4.57 Å². The average Bonchev–Trinajstić information content (AvgIpc) is 3.25. The average molecular weight is 878 g/mol. The van der Waals surface area contributed by atoms with Crippen molar-refractivity contribution in [3.63, 3.8) is 0 Å². The number of rotatable bonds is 46. The number of ether oxygens (including phenoxy) is 2. The molecule has 0 saturated carbocycles. The molecule has 61 heavy (non-hydrogen) atoms. The summed E-state index contributed by atoms with van der Waals surface area (Å²) in [6.45, 7) is 3.61. The van der Waals surface area contributed by atoms with Crippen molar-refractivity contribution in [2.45, 2.75) is 225 Å². The molecule has 0 aromatic carbocycles. The number of carbonyl (C=O) groups is 2. The van der Waals surface area contributed by atoms with Crippen molar-refractivity contribution in [2.24, 2.45) is 5.73 Å². The van der Waals surface area contributed by atoms with Crippen LogP contribution >= 0.6 is 7.82 Å². The number of nitrogens with two attached hydrogens (primary N) is 1. The summed E-state index contributed by atoms with van der Waals surface area (Å²) in [7, 11) is -4.39. The molecule has 0 bridgehead atoms. The largest absolute Gasteiger partial charge is 0.472 e. The molecule has 10 heteroatoms. The fourth-order valence-electron chi connectivity index (χ4n) is 6.78. The molecule has 0 aliphatic heterocycles. The van der Waals surface area contributed by atoms with Gasteiger partial charge in [0.25, 0.3) is 0 Å². The monoisotopic (exact) mass is 878 g/mol. The molecule has 354 valence electrons. The molecule has 0 amide bonds. The van der Waals surface area contributed by atoms with Gasteiger partial charge in [0.05, 0.1) is 13.2 Å². The van der Waals surface area contributed by atoms with Gasteiger partial charge in [-0.05, 0) is 57.8 Å². The van der Waals surface area contributed by atoms with Crippen LogP contribution in [0, 0.1) is 0 Å². The van der Waals surface area contributed by atoms with Crippen LogP contribution in [-0.2, 0) is 32.7 Å². The zero-order valence-corrected chi connectivity index (χ0v) is 40.0. The fraction of sp³-hybridized carbons (Fsp3) is 0.765. The smallest absolute Gasteiger partial charge is 0.462 e. The van der Waals surface area contributed by atoms with E-state index in [9.17, 15) is 19.0 Å². The highest BCUT2D eigenvalue weighted by molar-refractivity contribution is 7.47. The molecule has 0 aliphatic carbocycles. The number of esters is 2. The third kappa shape index (κ3) is 47.0. The van der Waals surface area contributed by atoms with Gasteiger partial charge in [0.1, 0.15) is 6.61 Å². The molecule has 0 aromatic heterocycles. The van der Waals surface area contributed by atoms with Crippen LogP contribution < -0.4 is 5.73 Å². The summed E-state index contributed by atoms with van der Waals surface area (Å²) in [5.41, 5.74) is 5.36. The topological polar surface area (TPSA) is 134 Å². The second kappa shape index (κ2) is 47.2. The van der Waals surface area contributed by atoms with Gasteiger partial charge >= 0.3 is 19.8 Å². The van der Waals surface area contributed by atoms with Gasteiger partial charge in [-0.3, -0.25) is 18.6 Å². The molecule has 0 fully saturated rings. The van der Waals surface area contributed by atoms with Crippen LogP contribution in [0.4, 0.5) is 0 Å². The lowest BCUT2D eigenvalue weighted by molar-refractivity contribution is -0.161. The molecule has 0 heterocycles. The Labute approximate surface area is 374 Å². The molecular formula is C51H92NO8P. The lowest BCUT2D eigenvalue weighted by atomic mass is 10.0. The van der Waals surface area contributed by atoms with Crippen LogP contribution in [0.15, 0.2) is 60.8 Å². The zero-order chi connectivity index (χ0) is 44.6. The Morgan fingerprint density at radius 3 is 1.34 bits per heavy atom. The Morgan fingerprint density at radius 2 is 0.902 bits per heavy atom. The first-order valence-corrected chi connectivity index (χ1v) is 26.3. The van der Waals surface area contributed by atoms with Gasteiger partial charge < -0.3 is 20.1 Å². The van der Waals surface area contributed by atoms with Gasteiger partial charge in [-0.1, -0.05) is 209 Å². The summed E-state index contributed by atoms with van der Waals surface area (Å²) in [6, 6.07) is 0. The van der Waals surface area contributed by atoms with E-state index in [1.54, 1.807) is 0 Å². The van der Waals surface area contributed by atoms with E-state index in [2.05, 4.69) is 74.6 Å². The van der Waals surface area contributed by atoms with Crippen molar-refractivity contribution in [3.8, 4) is 0 Å². The van der Waals surface area contributed by atoms with E-state index in [-0.39, 0.29) is 32.6 Å². The van der Waals surface area contributed by atoms with Crippen molar-refractivity contribution in [1.29, 1.82) is 0 Å². The standard InChI is InChI=1S/C51H92NO8P/c1-3-5-7-9-11-13-15-17-19-21-23-24-26-28-30-32-34-36-38-40-42-44-51(54)60-49(48-59-61(55,56)58-46-45-52)47-57-50(53)43-41-39-37-35-33-31-29-27-25-22-20-18-16-14-12-10-8-6-4-2/h6,8,12,14,18,20,25,27,31,33,49H,3-5,7,9-11,13,15-17,19,21-24,26,28-30,32,34-48,52H2,1-2H3,(H,55,56)/b8-6+,14-12+,20-18+,27-25+,33-31+/t49-/m1/s1. The first-order chi connectivity index (χ1) is 29.8. The van der Waals surface area contributed by atoms with Crippen LogP contribution in [-0.4, -0.2) is 49.3 Å². The van der Waals surface area contributed by atoms with E-state index in [4.69, 9.17) is 24.3 Å². The van der Waals surface area contributed by atoms with Crippen LogP contribution in [0.25, 0.3) is 0 Å². The van der Waals surface area contributed by atoms with Gasteiger partial charge in [0, 0.05) is 19.4 Å². The van der Waals surface area contributed by atoms with E-state index in [0.29, 0.717) is 12.8 Å². The van der Waals surface area contributed by atoms with Crippen molar-refractivity contribution in [2.75, 3.05) is 26.4 Å². The number of carbonyl (C=O) groups excluding carboxylic acids is 2. The predicted molar refractivity (Wildman–Crippen MR) is 256 cm³/mol. The minimum atomic E-state index is -4.39. The number of phosphoric ester groups is 1. The highest BCUT2D eigenvalue weighted by atomic mass is 31.2. The zero-order valence-electron chi connectivity index (χ0n) is 39.1. The van der Waals surface area contributed by atoms with E-state index < -0.39 is 32.5 Å². The molecule has 2 atom stereocenters. The molecule has 0 rings (SSSR count). The van der Waals surface area contributed by atoms with E-state index in [1.165, 1.54) is 109 Å². The summed E-state index contributed by atoms with van der Waals surface area (Å²) >= 11 is 0. The lowest BCUT2D eigenvalue weighted by Gasteiger charge is -2.19. The van der Waals surface area contributed by atoms with Gasteiger partial charge in [0.15, 0.2) is 6.10 Å². The van der Waals surface area contributed by atoms with Gasteiger partial charge in [0.2, 0.25) is 0 Å². The summed E-state index contributed by atoms with van der Waals surface area (Å²) in [4.78, 5) is 35.0. The van der Waals surface area contributed by atoms with E-state index in [0.717, 1.165) is 70.6 Å². The first kappa shape index (κ1) is 58.7. The molecule has 9 nitrogen and oxygen atoms in total. The minimum absolute atomic E-state index is 0.0474. The van der Waals surface area contributed by atoms with Crippen LogP contribution in [0.5, 0.6) is 0 Å².